The number of rotatable bonds is 5. The van der Waals surface area contributed by atoms with Gasteiger partial charge in [0.05, 0.1) is 0 Å². The predicted molar refractivity (Wildman–Crippen MR) is 99.0 cm³/mol. The van der Waals surface area contributed by atoms with Gasteiger partial charge in [0.2, 0.25) is 17.6 Å². The number of halogens is 2. The van der Waals surface area contributed by atoms with Crippen molar-refractivity contribution in [3.63, 3.8) is 0 Å². The third-order valence-corrected chi connectivity index (χ3v) is 4.63. The van der Waals surface area contributed by atoms with E-state index in [4.69, 9.17) is 16.1 Å². The zero-order chi connectivity index (χ0) is 16.9. The molecule has 0 spiro atoms. The quantitative estimate of drug-likeness (QED) is 0.857. The minimum atomic E-state index is 0. The Morgan fingerprint density at radius 1 is 1.32 bits per heavy atom. The predicted octanol–water partition coefficient (Wildman–Crippen LogP) is 2.95. The molecule has 0 saturated carbocycles. The topological polar surface area (TPSA) is 71.3 Å². The van der Waals surface area contributed by atoms with Gasteiger partial charge >= 0.3 is 0 Å². The molecular formula is C17H22Cl2N4O2. The van der Waals surface area contributed by atoms with Gasteiger partial charge in [-0.05, 0) is 50.2 Å². The van der Waals surface area contributed by atoms with Crippen LogP contribution in [0, 0.1) is 0 Å². The van der Waals surface area contributed by atoms with E-state index in [0.717, 1.165) is 31.5 Å². The van der Waals surface area contributed by atoms with Crippen molar-refractivity contribution in [3.05, 3.63) is 35.2 Å². The van der Waals surface area contributed by atoms with Gasteiger partial charge in [0, 0.05) is 36.5 Å². The van der Waals surface area contributed by atoms with Crippen molar-refractivity contribution in [2.24, 2.45) is 0 Å². The molecule has 1 aliphatic rings. The molecule has 1 aromatic heterocycles. The first-order chi connectivity index (χ1) is 11.6. The number of carbonyl (C=O) groups is 1. The molecule has 1 N–H and O–H groups in total. The van der Waals surface area contributed by atoms with E-state index in [1.165, 1.54) is 0 Å². The van der Waals surface area contributed by atoms with Crippen LogP contribution in [0.4, 0.5) is 0 Å². The molecule has 1 fully saturated rings. The number of benzene rings is 1. The summed E-state index contributed by atoms with van der Waals surface area (Å²) < 4.78 is 5.25. The lowest BCUT2D eigenvalue weighted by molar-refractivity contribution is -0.132. The largest absolute Gasteiger partial charge is 0.343 e. The van der Waals surface area contributed by atoms with Crippen molar-refractivity contribution < 1.29 is 9.32 Å². The minimum Gasteiger partial charge on any atom is -0.343 e. The van der Waals surface area contributed by atoms with Gasteiger partial charge in [-0.15, -0.1) is 12.4 Å². The molecule has 25 heavy (non-hydrogen) atoms. The number of hydrogen-bond donors (Lipinski definition) is 1. The average Bonchev–Trinajstić information content (AvgIpc) is 3.09. The third kappa shape index (κ3) is 5.17. The summed E-state index contributed by atoms with van der Waals surface area (Å²) in [7, 11) is 1.88. The van der Waals surface area contributed by atoms with E-state index in [1.807, 2.05) is 24.1 Å². The summed E-state index contributed by atoms with van der Waals surface area (Å²) in [5, 5.41) is 7.94. The molecule has 0 bridgehead atoms. The Labute approximate surface area is 158 Å². The van der Waals surface area contributed by atoms with Crippen molar-refractivity contribution >= 4 is 29.9 Å². The highest BCUT2D eigenvalue weighted by Crippen LogP contribution is 2.19. The fourth-order valence-corrected chi connectivity index (χ4v) is 2.99. The molecule has 0 atom stereocenters. The van der Waals surface area contributed by atoms with Crippen LogP contribution >= 0.6 is 24.0 Å². The van der Waals surface area contributed by atoms with Crippen LogP contribution in [0.3, 0.4) is 0 Å². The van der Waals surface area contributed by atoms with Crippen LogP contribution in [0.5, 0.6) is 0 Å². The standard InChI is InChI=1S/C17H21ClN4O2.ClH/c1-22(14-8-10-19-11-9-14)16(23)7-6-15-20-17(21-24-15)12-2-4-13(18)5-3-12;/h2-5,14,19H,6-11H2,1H3;1H. The lowest BCUT2D eigenvalue weighted by atomic mass is 10.0. The number of amides is 1. The molecule has 2 aromatic rings. The number of aromatic nitrogens is 2. The second kappa shape index (κ2) is 9.17. The highest BCUT2D eigenvalue weighted by Gasteiger charge is 2.22. The Bertz CT molecular complexity index is 684. The Morgan fingerprint density at radius 2 is 2.00 bits per heavy atom. The molecule has 1 saturated heterocycles. The Kier molecular flexibility index (Phi) is 7.23. The lowest BCUT2D eigenvalue weighted by Gasteiger charge is -2.31. The molecule has 1 aliphatic heterocycles. The van der Waals surface area contributed by atoms with Gasteiger partial charge in [-0.25, -0.2) is 0 Å². The number of nitrogens with zero attached hydrogens (tertiary/aromatic N) is 3. The van der Waals surface area contributed by atoms with Crippen LogP contribution in [0.25, 0.3) is 11.4 Å². The maximum absolute atomic E-state index is 12.3. The van der Waals surface area contributed by atoms with Crippen LogP contribution in [0.15, 0.2) is 28.8 Å². The normalized spacial score (nSPS) is 14.8. The molecule has 8 heteroatoms. The highest BCUT2D eigenvalue weighted by atomic mass is 35.5. The summed E-state index contributed by atoms with van der Waals surface area (Å²) in [6.07, 6.45) is 2.84. The molecular weight excluding hydrogens is 363 g/mol. The highest BCUT2D eigenvalue weighted by molar-refractivity contribution is 6.30. The van der Waals surface area contributed by atoms with Crippen LogP contribution < -0.4 is 5.32 Å². The van der Waals surface area contributed by atoms with Crippen LogP contribution in [0.2, 0.25) is 5.02 Å². The van der Waals surface area contributed by atoms with Gasteiger partial charge in [0.25, 0.3) is 0 Å². The summed E-state index contributed by atoms with van der Waals surface area (Å²) in [6.45, 7) is 1.94. The van der Waals surface area contributed by atoms with Crippen LogP contribution in [0.1, 0.15) is 25.2 Å². The monoisotopic (exact) mass is 384 g/mol. The Hall–Kier alpha value is -1.63. The molecule has 6 nitrogen and oxygen atoms in total. The van der Waals surface area contributed by atoms with Crippen LogP contribution in [-0.4, -0.2) is 47.1 Å². The van der Waals surface area contributed by atoms with E-state index >= 15 is 0 Å². The fourth-order valence-electron chi connectivity index (χ4n) is 2.86. The SMILES string of the molecule is CN(C(=O)CCc1nc(-c2ccc(Cl)cc2)no1)C1CCNCC1.Cl. The van der Waals surface area contributed by atoms with Gasteiger partial charge in [0.15, 0.2) is 0 Å². The van der Waals surface area contributed by atoms with Crippen molar-refractivity contribution in [1.82, 2.24) is 20.4 Å². The molecule has 0 unspecified atom stereocenters. The van der Waals surface area contributed by atoms with Crippen molar-refractivity contribution in [3.8, 4) is 11.4 Å². The first-order valence-corrected chi connectivity index (χ1v) is 8.56. The smallest absolute Gasteiger partial charge is 0.227 e. The molecule has 1 amide bonds. The average molecular weight is 385 g/mol. The maximum Gasteiger partial charge on any atom is 0.227 e. The van der Waals surface area contributed by atoms with E-state index in [0.29, 0.717) is 35.6 Å². The van der Waals surface area contributed by atoms with E-state index in [1.54, 1.807) is 12.1 Å². The third-order valence-electron chi connectivity index (χ3n) is 4.37. The zero-order valence-corrected chi connectivity index (χ0v) is 15.6. The van der Waals surface area contributed by atoms with Gasteiger partial charge in [0.1, 0.15) is 0 Å². The number of nitrogens with one attached hydrogen (secondary N) is 1. The second-order valence-corrected chi connectivity index (χ2v) is 6.44. The number of piperidine rings is 1. The summed E-state index contributed by atoms with van der Waals surface area (Å²) >= 11 is 5.87. The van der Waals surface area contributed by atoms with Gasteiger partial charge in [-0.1, -0.05) is 16.8 Å². The van der Waals surface area contributed by atoms with Crippen molar-refractivity contribution in [2.45, 2.75) is 31.7 Å². The Morgan fingerprint density at radius 3 is 2.68 bits per heavy atom. The van der Waals surface area contributed by atoms with E-state index in [9.17, 15) is 4.79 Å². The summed E-state index contributed by atoms with van der Waals surface area (Å²) in [5.74, 6) is 1.11. The molecule has 3 rings (SSSR count). The van der Waals surface area contributed by atoms with Crippen LogP contribution in [-0.2, 0) is 11.2 Å². The minimum absolute atomic E-state index is 0. The van der Waals surface area contributed by atoms with Gasteiger partial charge in [-0.2, -0.15) is 4.98 Å². The van der Waals surface area contributed by atoms with E-state index in [-0.39, 0.29) is 18.3 Å². The molecule has 0 aliphatic carbocycles. The first-order valence-electron chi connectivity index (χ1n) is 8.18. The summed E-state index contributed by atoms with van der Waals surface area (Å²) in [5.41, 5.74) is 0.840. The molecule has 136 valence electrons. The lowest BCUT2D eigenvalue weighted by Crippen LogP contribution is -2.44. The van der Waals surface area contributed by atoms with Gasteiger partial charge in [-0.3, -0.25) is 4.79 Å². The fraction of sp³-hybridized carbons (Fsp3) is 0.471. The second-order valence-electron chi connectivity index (χ2n) is 6.00. The van der Waals surface area contributed by atoms with E-state index in [2.05, 4.69) is 15.5 Å². The van der Waals surface area contributed by atoms with E-state index < -0.39 is 0 Å². The summed E-state index contributed by atoms with van der Waals surface area (Å²) in [4.78, 5) is 18.5. The number of hydrogen-bond acceptors (Lipinski definition) is 5. The molecule has 1 aromatic carbocycles. The number of aryl methyl sites for hydroxylation is 1. The maximum atomic E-state index is 12.3. The summed E-state index contributed by atoms with van der Waals surface area (Å²) in [6, 6.07) is 7.57. The molecule has 2 heterocycles. The number of carbonyl (C=O) groups excluding carboxylic acids is 1. The zero-order valence-electron chi connectivity index (χ0n) is 14.1. The first kappa shape index (κ1) is 19.7. The Balaban J connectivity index is 0.00000225. The van der Waals surface area contributed by atoms with Crippen molar-refractivity contribution in [1.29, 1.82) is 0 Å². The molecule has 0 radical (unpaired) electrons. The van der Waals surface area contributed by atoms with Crippen molar-refractivity contribution in [2.75, 3.05) is 20.1 Å². The van der Waals surface area contributed by atoms with Gasteiger partial charge < -0.3 is 14.7 Å².